The third kappa shape index (κ3) is 4.56. The van der Waals surface area contributed by atoms with Crippen LogP contribution >= 0.6 is 0 Å². The number of carbonyl (C=O) groups is 1. The van der Waals surface area contributed by atoms with E-state index in [0.29, 0.717) is 12.8 Å². The number of hydrogen-bond acceptors (Lipinski definition) is 6. The molecule has 0 radical (unpaired) electrons. The molecule has 1 aromatic rings. The van der Waals surface area contributed by atoms with Crippen LogP contribution in [0.2, 0.25) is 0 Å². The molecule has 150 valence electrons. The first-order valence-electron chi connectivity index (χ1n) is 9.21. The van der Waals surface area contributed by atoms with Crippen molar-refractivity contribution in [3.05, 3.63) is 39.9 Å². The molecule has 1 aromatic carbocycles. The molecule has 0 aromatic heterocycles. The van der Waals surface area contributed by atoms with Gasteiger partial charge in [-0.25, -0.2) is 4.79 Å². The van der Waals surface area contributed by atoms with Gasteiger partial charge in [0.25, 0.3) is 5.69 Å². The summed E-state index contributed by atoms with van der Waals surface area (Å²) in [5, 5.41) is 11.0. The highest BCUT2D eigenvalue weighted by atomic mass is 16.7. The van der Waals surface area contributed by atoms with Crippen molar-refractivity contribution >= 4 is 11.8 Å². The summed E-state index contributed by atoms with van der Waals surface area (Å²) in [5.74, 6) is -0.824. The van der Waals surface area contributed by atoms with Crippen LogP contribution < -0.4 is 0 Å². The fraction of sp³-hybridized carbons (Fsp3) is 0.632. The predicted octanol–water partition coefficient (Wildman–Crippen LogP) is 4.05. The number of piperidine rings is 1. The zero-order chi connectivity index (χ0) is 20.0. The van der Waals surface area contributed by atoms with E-state index in [-0.39, 0.29) is 30.5 Å². The normalized spacial score (nSPS) is 21.7. The van der Waals surface area contributed by atoms with Gasteiger partial charge in [0.2, 0.25) is 0 Å². The predicted molar refractivity (Wildman–Crippen MR) is 99.4 cm³/mol. The summed E-state index contributed by atoms with van der Waals surface area (Å²) in [6.07, 6.45) is 2.22. The van der Waals surface area contributed by atoms with Gasteiger partial charge in [0.15, 0.2) is 5.79 Å². The number of ether oxygens (including phenoxy) is 3. The molecule has 1 aliphatic rings. The molecule has 0 spiro atoms. The summed E-state index contributed by atoms with van der Waals surface area (Å²) in [6, 6.07) is 5.77. The van der Waals surface area contributed by atoms with E-state index < -0.39 is 10.7 Å². The number of non-ortho nitro benzene ring substituents is 1. The molecule has 8 nitrogen and oxygen atoms in total. The second-order valence-corrected chi connectivity index (χ2v) is 6.64. The molecule has 2 rings (SSSR count). The van der Waals surface area contributed by atoms with Crippen LogP contribution in [0.3, 0.4) is 0 Å². The van der Waals surface area contributed by atoms with E-state index in [4.69, 9.17) is 14.2 Å². The van der Waals surface area contributed by atoms with Crippen molar-refractivity contribution in [1.29, 1.82) is 0 Å². The summed E-state index contributed by atoms with van der Waals surface area (Å²) >= 11 is 0. The molecule has 1 aliphatic heterocycles. The second kappa shape index (κ2) is 9.14. The van der Waals surface area contributed by atoms with Crippen LogP contribution in [0.4, 0.5) is 10.5 Å². The standard InChI is InChI=1S/C19H28N2O6/c1-5-7-16-12-19(25-3,26-4)13-17(20(16)18(22)27-6-2)14-8-10-15(11-9-14)21(23)24/h8-11,16-17H,5-7,12-13H2,1-4H3/t16-,17+/m0/s1. The minimum Gasteiger partial charge on any atom is -0.450 e. The lowest BCUT2D eigenvalue weighted by molar-refractivity contribution is -0.384. The first-order chi connectivity index (χ1) is 12.9. The van der Waals surface area contributed by atoms with E-state index in [1.54, 1.807) is 38.2 Å². The lowest BCUT2D eigenvalue weighted by atomic mass is 9.85. The smallest absolute Gasteiger partial charge is 0.410 e. The molecule has 1 fully saturated rings. The third-order valence-electron chi connectivity index (χ3n) is 5.11. The second-order valence-electron chi connectivity index (χ2n) is 6.64. The number of nitrogens with zero attached hydrogens (tertiary/aromatic N) is 2. The summed E-state index contributed by atoms with van der Waals surface area (Å²) in [7, 11) is 3.19. The Bertz CT molecular complexity index is 644. The highest BCUT2D eigenvalue weighted by molar-refractivity contribution is 5.69. The molecule has 0 bridgehead atoms. The molecular formula is C19H28N2O6. The van der Waals surface area contributed by atoms with Crippen molar-refractivity contribution in [1.82, 2.24) is 4.90 Å². The molecule has 0 saturated carbocycles. The van der Waals surface area contributed by atoms with Crippen molar-refractivity contribution in [2.24, 2.45) is 0 Å². The summed E-state index contributed by atoms with van der Waals surface area (Å²) in [4.78, 5) is 25.0. The molecular weight excluding hydrogens is 352 g/mol. The van der Waals surface area contributed by atoms with Crippen LogP contribution in [-0.2, 0) is 14.2 Å². The summed E-state index contributed by atoms with van der Waals surface area (Å²) < 4.78 is 16.7. The number of hydrogen-bond donors (Lipinski definition) is 0. The van der Waals surface area contributed by atoms with E-state index in [1.807, 2.05) is 0 Å². The van der Waals surface area contributed by atoms with Crippen LogP contribution in [0.15, 0.2) is 24.3 Å². The average molecular weight is 380 g/mol. The van der Waals surface area contributed by atoms with Gasteiger partial charge < -0.3 is 14.2 Å². The number of amides is 1. The summed E-state index contributed by atoms with van der Waals surface area (Å²) in [6.45, 7) is 4.10. The number of methoxy groups -OCH3 is 2. The van der Waals surface area contributed by atoms with Gasteiger partial charge in [0.05, 0.1) is 17.6 Å². The van der Waals surface area contributed by atoms with E-state index in [9.17, 15) is 14.9 Å². The quantitative estimate of drug-likeness (QED) is 0.403. The number of likely N-dealkylation sites (tertiary alicyclic amines) is 1. The highest BCUT2D eigenvalue weighted by Gasteiger charge is 2.48. The molecule has 1 heterocycles. The highest BCUT2D eigenvalue weighted by Crippen LogP contribution is 2.43. The van der Waals surface area contributed by atoms with Crippen molar-refractivity contribution in [3.8, 4) is 0 Å². The summed E-state index contributed by atoms with van der Waals surface area (Å²) in [5.41, 5.74) is 0.792. The number of nitro benzene ring substituents is 1. The zero-order valence-electron chi connectivity index (χ0n) is 16.3. The lowest BCUT2D eigenvalue weighted by Crippen LogP contribution is -2.55. The first-order valence-corrected chi connectivity index (χ1v) is 9.21. The number of rotatable bonds is 7. The largest absolute Gasteiger partial charge is 0.450 e. The average Bonchev–Trinajstić information content (AvgIpc) is 2.67. The molecule has 27 heavy (non-hydrogen) atoms. The van der Waals surface area contributed by atoms with Gasteiger partial charge >= 0.3 is 6.09 Å². The van der Waals surface area contributed by atoms with Crippen LogP contribution in [0.1, 0.15) is 51.1 Å². The maximum Gasteiger partial charge on any atom is 0.410 e. The molecule has 0 N–H and O–H groups in total. The van der Waals surface area contributed by atoms with Crippen LogP contribution in [0.25, 0.3) is 0 Å². The van der Waals surface area contributed by atoms with Crippen molar-refractivity contribution < 1.29 is 23.9 Å². The Labute approximate surface area is 159 Å². The molecule has 0 aliphatic carbocycles. The van der Waals surface area contributed by atoms with Gasteiger partial charge in [-0.05, 0) is 18.9 Å². The Morgan fingerprint density at radius 1 is 1.22 bits per heavy atom. The van der Waals surface area contributed by atoms with Gasteiger partial charge in [0, 0.05) is 45.2 Å². The molecule has 8 heteroatoms. The zero-order valence-corrected chi connectivity index (χ0v) is 16.3. The van der Waals surface area contributed by atoms with Gasteiger partial charge in [-0.1, -0.05) is 25.5 Å². The van der Waals surface area contributed by atoms with Crippen LogP contribution in [-0.4, -0.2) is 48.6 Å². The third-order valence-corrected chi connectivity index (χ3v) is 5.11. The van der Waals surface area contributed by atoms with E-state index in [0.717, 1.165) is 18.4 Å². The van der Waals surface area contributed by atoms with E-state index in [2.05, 4.69) is 6.92 Å². The number of nitro groups is 1. The van der Waals surface area contributed by atoms with Gasteiger partial charge in [-0.15, -0.1) is 0 Å². The van der Waals surface area contributed by atoms with Gasteiger partial charge in [-0.2, -0.15) is 0 Å². The Hall–Kier alpha value is -2.19. The monoisotopic (exact) mass is 380 g/mol. The molecule has 0 unspecified atom stereocenters. The maximum atomic E-state index is 12.7. The van der Waals surface area contributed by atoms with Crippen LogP contribution in [0.5, 0.6) is 0 Å². The number of benzene rings is 1. The topological polar surface area (TPSA) is 91.1 Å². The maximum absolute atomic E-state index is 12.7. The molecule has 1 amide bonds. The minimum absolute atomic E-state index is 0.00657. The van der Waals surface area contributed by atoms with Gasteiger partial charge in [-0.3, -0.25) is 15.0 Å². The number of carbonyl (C=O) groups excluding carboxylic acids is 1. The Kier molecular flexibility index (Phi) is 7.15. The van der Waals surface area contributed by atoms with E-state index >= 15 is 0 Å². The fourth-order valence-electron chi connectivity index (χ4n) is 3.75. The van der Waals surface area contributed by atoms with Crippen molar-refractivity contribution in [2.75, 3.05) is 20.8 Å². The van der Waals surface area contributed by atoms with Crippen LogP contribution in [0, 0.1) is 10.1 Å². The molecule has 2 atom stereocenters. The Morgan fingerprint density at radius 3 is 2.33 bits per heavy atom. The van der Waals surface area contributed by atoms with Crippen molar-refractivity contribution in [2.45, 2.75) is 57.4 Å². The van der Waals surface area contributed by atoms with Gasteiger partial charge in [0.1, 0.15) is 0 Å². The Balaban J connectivity index is 2.47. The molecule has 1 saturated heterocycles. The first kappa shape index (κ1) is 21.1. The lowest BCUT2D eigenvalue weighted by Gasteiger charge is -2.49. The minimum atomic E-state index is -0.824. The SMILES string of the molecule is CCC[C@H]1CC(OC)(OC)C[C@H](c2ccc([N+](=O)[O-])cc2)N1C(=O)OCC. The van der Waals surface area contributed by atoms with Crippen molar-refractivity contribution in [3.63, 3.8) is 0 Å². The fourth-order valence-corrected chi connectivity index (χ4v) is 3.75. The Morgan fingerprint density at radius 2 is 1.85 bits per heavy atom. The van der Waals surface area contributed by atoms with E-state index in [1.165, 1.54) is 12.1 Å².